The maximum atomic E-state index is 14.5. The normalized spacial score (nSPS) is 11.6. The smallest absolute Gasteiger partial charge is 0.243 e. The van der Waals surface area contributed by atoms with Crippen LogP contribution in [-0.4, -0.2) is 29.3 Å². The summed E-state index contributed by atoms with van der Waals surface area (Å²) in [7, 11) is 0. The Bertz CT molecular complexity index is 1070. The van der Waals surface area contributed by atoms with Crippen LogP contribution in [0.15, 0.2) is 78.9 Å². The fourth-order valence-electron chi connectivity index (χ4n) is 3.64. The SMILES string of the molecule is CCCNC(=O)[C@H](Cc1ccccc1)N(Cc1ccccc1F)C(=O)Cc1ccccc1F. The molecule has 3 rings (SSSR count). The van der Waals surface area contributed by atoms with E-state index in [4.69, 9.17) is 0 Å². The molecule has 1 N–H and O–H groups in total. The van der Waals surface area contributed by atoms with Gasteiger partial charge in [-0.15, -0.1) is 0 Å². The van der Waals surface area contributed by atoms with Gasteiger partial charge in [0.25, 0.3) is 0 Å². The largest absolute Gasteiger partial charge is 0.354 e. The van der Waals surface area contributed by atoms with E-state index in [-0.39, 0.29) is 30.9 Å². The number of benzene rings is 3. The summed E-state index contributed by atoms with van der Waals surface area (Å²) in [6.07, 6.45) is 0.765. The molecule has 0 fully saturated rings. The predicted molar refractivity (Wildman–Crippen MR) is 124 cm³/mol. The summed E-state index contributed by atoms with van der Waals surface area (Å²) in [4.78, 5) is 28.0. The molecule has 3 aromatic carbocycles. The molecule has 0 saturated carbocycles. The molecule has 0 spiro atoms. The quantitative estimate of drug-likeness (QED) is 0.488. The van der Waals surface area contributed by atoms with Gasteiger partial charge in [-0.2, -0.15) is 0 Å². The van der Waals surface area contributed by atoms with E-state index in [0.717, 1.165) is 12.0 Å². The number of hydrogen-bond acceptors (Lipinski definition) is 2. The van der Waals surface area contributed by atoms with Crippen LogP contribution in [0.4, 0.5) is 8.78 Å². The topological polar surface area (TPSA) is 49.4 Å². The Morgan fingerprint density at radius 1 is 0.848 bits per heavy atom. The van der Waals surface area contributed by atoms with Gasteiger partial charge in [-0.3, -0.25) is 9.59 Å². The maximum Gasteiger partial charge on any atom is 0.243 e. The van der Waals surface area contributed by atoms with Crippen molar-refractivity contribution in [1.29, 1.82) is 0 Å². The molecule has 4 nitrogen and oxygen atoms in total. The highest BCUT2D eigenvalue weighted by Gasteiger charge is 2.31. The van der Waals surface area contributed by atoms with Gasteiger partial charge < -0.3 is 10.2 Å². The minimum atomic E-state index is -0.877. The van der Waals surface area contributed by atoms with E-state index in [9.17, 15) is 18.4 Å². The van der Waals surface area contributed by atoms with Crippen molar-refractivity contribution in [1.82, 2.24) is 10.2 Å². The molecule has 0 aliphatic carbocycles. The Labute approximate surface area is 193 Å². The lowest BCUT2D eigenvalue weighted by Crippen LogP contribution is -2.51. The number of hydrogen-bond donors (Lipinski definition) is 1. The molecule has 2 amide bonds. The van der Waals surface area contributed by atoms with Crippen LogP contribution in [0, 0.1) is 11.6 Å². The van der Waals surface area contributed by atoms with Crippen LogP contribution in [0.1, 0.15) is 30.0 Å². The predicted octanol–water partition coefficient (Wildman–Crippen LogP) is 4.67. The van der Waals surface area contributed by atoms with Gasteiger partial charge in [-0.05, 0) is 29.7 Å². The summed E-state index contributed by atoms with van der Waals surface area (Å²) < 4.78 is 28.8. The Hall–Kier alpha value is -3.54. The van der Waals surface area contributed by atoms with Crippen LogP contribution in [0.2, 0.25) is 0 Å². The van der Waals surface area contributed by atoms with Crippen molar-refractivity contribution >= 4 is 11.8 Å². The molecule has 0 aliphatic heterocycles. The molecule has 0 aromatic heterocycles. The van der Waals surface area contributed by atoms with Crippen molar-refractivity contribution in [3.05, 3.63) is 107 Å². The number of carbonyl (C=O) groups excluding carboxylic acids is 2. The zero-order valence-corrected chi connectivity index (χ0v) is 18.6. The first-order valence-electron chi connectivity index (χ1n) is 11.1. The fraction of sp³-hybridized carbons (Fsp3) is 0.259. The minimum Gasteiger partial charge on any atom is -0.354 e. The molecular weight excluding hydrogens is 422 g/mol. The fourth-order valence-corrected chi connectivity index (χ4v) is 3.64. The van der Waals surface area contributed by atoms with Crippen LogP contribution in [-0.2, 0) is 29.0 Å². The van der Waals surface area contributed by atoms with E-state index >= 15 is 0 Å². The van der Waals surface area contributed by atoms with Crippen LogP contribution < -0.4 is 5.32 Å². The zero-order valence-electron chi connectivity index (χ0n) is 18.6. The van der Waals surface area contributed by atoms with Gasteiger partial charge in [0.2, 0.25) is 11.8 Å². The second-order valence-electron chi connectivity index (χ2n) is 7.88. The third-order valence-corrected chi connectivity index (χ3v) is 5.42. The number of amides is 2. The highest BCUT2D eigenvalue weighted by Crippen LogP contribution is 2.19. The van der Waals surface area contributed by atoms with Crippen molar-refractivity contribution in [2.24, 2.45) is 0 Å². The average molecular weight is 451 g/mol. The maximum absolute atomic E-state index is 14.5. The second-order valence-corrected chi connectivity index (χ2v) is 7.88. The summed E-state index contributed by atoms with van der Waals surface area (Å²) in [5.74, 6) is -1.73. The molecule has 0 aliphatic rings. The van der Waals surface area contributed by atoms with E-state index < -0.39 is 23.6 Å². The summed E-state index contributed by atoms with van der Waals surface area (Å²) in [5, 5.41) is 2.86. The van der Waals surface area contributed by atoms with E-state index in [1.807, 2.05) is 37.3 Å². The number of carbonyl (C=O) groups is 2. The first kappa shape index (κ1) is 24.1. The second kappa shape index (κ2) is 11.9. The van der Waals surface area contributed by atoms with Gasteiger partial charge in [0, 0.05) is 25.1 Å². The molecular formula is C27H28F2N2O2. The van der Waals surface area contributed by atoms with Crippen molar-refractivity contribution in [2.45, 2.75) is 38.8 Å². The number of rotatable bonds is 10. The van der Waals surface area contributed by atoms with Crippen molar-refractivity contribution in [3.8, 4) is 0 Å². The van der Waals surface area contributed by atoms with Gasteiger partial charge >= 0.3 is 0 Å². The lowest BCUT2D eigenvalue weighted by atomic mass is 10.0. The first-order chi connectivity index (χ1) is 16.0. The Balaban J connectivity index is 1.97. The molecule has 172 valence electrons. The Morgan fingerprint density at radius 2 is 1.42 bits per heavy atom. The Kier molecular flexibility index (Phi) is 8.70. The van der Waals surface area contributed by atoms with E-state index in [0.29, 0.717) is 12.1 Å². The third kappa shape index (κ3) is 6.72. The number of nitrogens with one attached hydrogen (secondary N) is 1. The number of halogens is 2. The summed E-state index contributed by atoms with van der Waals surface area (Å²) >= 11 is 0. The minimum absolute atomic E-state index is 0.100. The molecule has 33 heavy (non-hydrogen) atoms. The lowest BCUT2D eigenvalue weighted by Gasteiger charge is -2.32. The van der Waals surface area contributed by atoms with E-state index in [1.54, 1.807) is 30.3 Å². The van der Waals surface area contributed by atoms with Crippen molar-refractivity contribution in [3.63, 3.8) is 0 Å². The van der Waals surface area contributed by atoms with Crippen LogP contribution in [0.5, 0.6) is 0 Å². The molecule has 0 unspecified atom stereocenters. The molecule has 0 heterocycles. The van der Waals surface area contributed by atoms with Gasteiger partial charge in [-0.1, -0.05) is 73.7 Å². The van der Waals surface area contributed by atoms with Crippen molar-refractivity contribution < 1.29 is 18.4 Å². The van der Waals surface area contributed by atoms with E-state index in [1.165, 1.54) is 23.1 Å². The van der Waals surface area contributed by atoms with Crippen LogP contribution >= 0.6 is 0 Å². The number of nitrogens with zero attached hydrogens (tertiary/aromatic N) is 1. The van der Waals surface area contributed by atoms with E-state index in [2.05, 4.69) is 5.32 Å². The Morgan fingerprint density at radius 3 is 2.03 bits per heavy atom. The highest BCUT2D eigenvalue weighted by molar-refractivity contribution is 5.88. The molecule has 6 heteroatoms. The third-order valence-electron chi connectivity index (χ3n) is 5.42. The first-order valence-corrected chi connectivity index (χ1v) is 11.1. The van der Waals surface area contributed by atoms with Crippen LogP contribution in [0.25, 0.3) is 0 Å². The molecule has 1 atom stereocenters. The van der Waals surface area contributed by atoms with Gasteiger partial charge in [-0.25, -0.2) is 8.78 Å². The molecule has 0 saturated heterocycles. The standard InChI is InChI=1S/C27H28F2N2O2/c1-2-16-30-27(33)25(17-20-10-4-3-5-11-20)31(19-22-13-7-9-15-24(22)29)26(32)18-21-12-6-8-14-23(21)28/h3-15,25H,2,16-19H2,1H3,(H,30,33)/t25-/m0/s1. The summed E-state index contributed by atoms with van der Waals surface area (Å²) in [5.41, 5.74) is 1.39. The zero-order chi connectivity index (χ0) is 23.6. The lowest BCUT2D eigenvalue weighted by molar-refractivity contribution is -0.140. The molecule has 3 aromatic rings. The van der Waals surface area contributed by atoms with Gasteiger partial charge in [0.1, 0.15) is 17.7 Å². The van der Waals surface area contributed by atoms with Crippen molar-refractivity contribution in [2.75, 3.05) is 6.54 Å². The average Bonchev–Trinajstić information content (AvgIpc) is 2.83. The van der Waals surface area contributed by atoms with Gasteiger partial charge in [0.15, 0.2) is 0 Å². The molecule has 0 radical (unpaired) electrons. The summed E-state index contributed by atoms with van der Waals surface area (Å²) in [6.45, 7) is 2.29. The summed E-state index contributed by atoms with van der Waals surface area (Å²) in [6, 6.07) is 20.7. The highest BCUT2D eigenvalue weighted by atomic mass is 19.1. The monoisotopic (exact) mass is 450 g/mol. The van der Waals surface area contributed by atoms with Crippen LogP contribution in [0.3, 0.4) is 0 Å². The van der Waals surface area contributed by atoms with Gasteiger partial charge in [0.05, 0.1) is 6.42 Å². The molecule has 0 bridgehead atoms.